The Hall–Kier alpha value is -2.35. The lowest BCUT2D eigenvalue weighted by Gasteiger charge is -2.43. The molecule has 3 rings (SSSR count). The molecule has 0 saturated carbocycles. The van der Waals surface area contributed by atoms with Gasteiger partial charge in [0.15, 0.2) is 0 Å². The van der Waals surface area contributed by atoms with Gasteiger partial charge in [-0.15, -0.1) is 0 Å². The van der Waals surface area contributed by atoms with Crippen LogP contribution in [0, 0.1) is 5.92 Å². The smallest absolute Gasteiger partial charge is 0.335 e. The van der Waals surface area contributed by atoms with E-state index >= 15 is 0 Å². The van der Waals surface area contributed by atoms with Crippen LogP contribution in [0.15, 0.2) is 42.5 Å². The Balaban J connectivity index is 1.96. The van der Waals surface area contributed by atoms with Crippen molar-refractivity contribution in [3.63, 3.8) is 0 Å². The number of benzene rings is 2. The van der Waals surface area contributed by atoms with Gasteiger partial charge in [-0.05, 0) is 77.3 Å². The van der Waals surface area contributed by atoms with Crippen molar-refractivity contribution in [1.29, 1.82) is 0 Å². The summed E-state index contributed by atoms with van der Waals surface area (Å²) in [6, 6.07) is 14.1. The van der Waals surface area contributed by atoms with Gasteiger partial charge in [0, 0.05) is 0 Å². The lowest BCUT2D eigenvalue weighted by atomic mass is 9.61. The monoisotopic (exact) mass is 404 g/mol. The zero-order valence-electron chi connectivity index (χ0n) is 18.9. The third-order valence-corrected chi connectivity index (χ3v) is 7.58. The summed E-state index contributed by atoms with van der Waals surface area (Å²) in [5.74, 6) is 0.519. The standard InChI is InChI=1S/C28H36O2/c1-5-22(6-2)24-17-18-28(7-3,8-4)26-16-13-21(19-25(24)26)10-9-20-11-14-23(15-12-20)27(29)30/h9-16,19,22,24H,5-8,17-18H2,1-4H3,(H,29,30)/b10-9+. The Kier molecular flexibility index (Phi) is 7.18. The highest BCUT2D eigenvalue weighted by molar-refractivity contribution is 5.88. The molecule has 2 aromatic carbocycles. The van der Waals surface area contributed by atoms with Crippen LogP contribution in [0.25, 0.3) is 12.2 Å². The Morgan fingerprint density at radius 2 is 1.60 bits per heavy atom. The second-order valence-corrected chi connectivity index (χ2v) is 8.82. The van der Waals surface area contributed by atoms with Crippen LogP contribution >= 0.6 is 0 Å². The summed E-state index contributed by atoms with van der Waals surface area (Å²) in [6.45, 7) is 9.36. The summed E-state index contributed by atoms with van der Waals surface area (Å²) in [5, 5.41) is 9.07. The second-order valence-electron chi connectivity index (χ2n) is 8.82. The quantitative estimate of drug-likeness (QED) is 0.454. The van der Waals surface area contributed by atoms with Crippen molar-refractivity contribution in [2.45, 2.75) is 77.6 Å². The Bertz CT molecular complexity index is 883. The molecule has 0 heterocycles. The minimum atomic E-state index is -0.886. The molecule has 30 heavy (non-hydrogen) atoms. The van der Waals surface area contributed by atoms with Gasteiger partial charge in [0.2, 0.25) is 0 Å². The fraction of sp³-hybridized carbons (Fsp3) is 0.464. The Labute approximate surface area is 182 Å². The zero-order valence-corrected chi connectivity index (χ0v) is 18.9. The first-order valence-electron chi connectivity index (χ1n) is 11.6. The molecule has 0 saturated heterocycles. The number of aromatic carboxylic acids is 1. The van der Waals surface area contributed by atoms with Crippen LogP contribution in [0.4, 0.5) is 0 Å². The average Bonchev–Trinajstić information content (AvgIpc) is 2.78. The van der Waals surface area contributed by atoms with Gasteiger partial charge in [-0.25, -0.2) is 4.79 Å². The zero-order chi connectivity index (χ0) is 21.7. The molecule has 0 radical (unpaired) electrons. The van der Waals surface area contributed by atoms with Crippen LogP contribution < -0.4 is 0 Å². The third-order valence-electron chi connectivity index (χ3n) is 7.58. The average molecular weight is 405 g/mol. The molecule has 1 unspecified atom stereocenters. The second kappa shape index (κ2) is 9.64. The number of hydrogen-bond donors (Lipinski definition) is 1. The molecule has 0 spiro atoms. The number of hydrogen-bond acceptors (Lipinski definition) is 1. The van der Waals surface area contributed by atoms with Gasteiger partial charge in [-0.3, -0.25) is 0 Å². The van der Waals surface area contributed by atoms with E-state index < -0.39 is 5.97 Å². The molecule has 1 atom stereocenters. The summed E-state index contributed by atoms with van der Waals surface area (Å²) >= 11 is 0. The number of fused-ring (bicyclic) bond motifs is 1. The van der Waals surface area contributed by atoms with Gasteiger partial charge in [-0.2, -0.15) is 0 Å². The van der Waals surface area contributed by atoms with E-state index in [4.69, 9.17) is 5.11 Å². The van der Waals surface area contributed by atoms with E-state index in [9.17, 15) is 4.79 Å². The molecule has 160 valence electrons. The molecule has 1 N–H and O–H groups in total. The topological polar surface area (TPSA) is 37.3 Å². The van der Waals surface area contributed by atoms with E-state index in [0.717, 1.165) is 11.5 Å². The molecule has 0 amide bonds. The number of rotatable bonds is 8. The van der Waals surface area contributed by atoms with Crippen LogP contribution in [-0.2, 0) is 5.41 Å². The predicted molar refractivity (Wildman–Crippen MR) is 127 cm³/mol. The minimum absolute atomic E-state index is 0.324. The van der Waals surface area contributed by atoms with Crippen LogP contribution in [-0.4, -0.2) is 11.1 Å². The van der Waals surface area contributed by atoms with Crippen molar-refractivity contribution in [2.24, 2.45) is 5.92 Å². The van der Waals surface area contributed by atoms with Crippen LogP contribution in [0.5, 0.6) is 0 Å². The third kappa shape index (κ3) is 4.38. The molecule has 2 nitrogen and oxygen atoms in total. The van der Waals surface area contributed by atoms with Gasteiger partial charge in [0.05, 0.1) is 5.56 Å². The van der Waals surface area contributed by atoms with Gasteiger partial charge in [0.1, 0.15) is 0 Å². The summed E-state index contributed by atoms with van der Waals surface area (Å²) in [4.78, 5) is 11.0. The highest BCUT2D eigenvalue weighted by atomic mass is 16.4. The highest BCUT2D eigenvalue weighted by Gasteiger charge is 2.38. The summed E-state index contributed by atoms with van der Waals surface area (Å²) in [7, 11) is 0. The first-order valence-corrected chi connectivity index (χ1v) is 11.6. The normalized spacial score (nSPS) is 18.0. The van der Waals surface area contributed by atoms with Crippen molar-refractivity contribution < 1.29 is 9.90 Å². The Morgan fingerprint density at radius 3 is 2.17 bits per heavy atom. The van der Waals surface area contributed by atoms with E-state index in [0.29, 0.717) is 16.9 Å². The van der Waals surface area contributed by atoms with Crippen molar-refractivity contribution in [1.82, 2.24) is 0 Å². The first kappa shape index (κ1) is 22.3. The predicted octanol–water partition coefficient (Wildman–Crippen LogP) is 7.93. The molecule has 0 aromatic heterocycles. The molecule has 0 fully saturated rings. The van der Waals surface area contributed by atoms with Gasteiger partial charge in [0.25, 0.3) is 0 Å². The van der Waals surface area contributed by atoms with E-state index in [1.807, 2.05) is 12.1 Å². The molecular formula is C28H36O2. The fourth-order valence-corrected chi connectivity index (χ4v) is 5.46. The van der Waals surface area contributed by atoms with Crippen LogP contribution in [0.3, 0.4) is 0 Å². The molecule has 0 bridgehead atoms. The number of carboxylic acids is 1. The minimum Gasteiger partial charge on any atom is -0.478 e. The van der Waals surface area contributed by atoms with Gasteiger partial charge >= 0.3 is 5.97 Å². The van der Waals surface area contributed by atoms with Gasteiger partial charge in [-0.1, -0.05) is 83.0 Å². The molecule has 1 aliphatic rings. The first-order chi connectivity index (χ1) is 14.5. The van der Waals surface area contributed by atoms with Crippen LogP contribution in [0.1, 0.15) is 105 Å². The van der Waals surface area contributed by atoms with E-state index in [1.165, 1.54) is 44.1 Å². The van der Waals surface area contributed by atoms with E-state index in [2.05, 4.69) is 58.0 Å². The maximum atomic E-state index is 11.0. The summed E-state index contributed by atoms with van der Waals surface area (Å²) in [6.07, 6.45) is 11.7. The Morgan fingerprint density at radius 1 is 1.00 bits per heavy atom. The largest absolute Gasteiger partial charge is 0.478 e. The van der Waals surface area contributed by atoms with E-state index in [-0.39, 0.29) is 0 Å². The highest BCUT2D eigenvalue weighted by Crippen LogP contribution is 2.50. The number of carboxylic acid groups (broad SMARTS) is 1. The van der Waals surface area contributed by atoms with Gasteiger partial charge < -0.3 is 5.11 Å². The summed E-state index contributed by atoms with van der Waals surface area (Å²) < 4.78 is 0. The number of carbonyl (C=O) groups is 1. The SMILES string of the molecule is CCC(CC)C1CCC(CC)(CC)c2ccc(/C=C/c3ccc(C(=O)O)cc3)cc21. The van der Waals surface area contributed by atoms with Crippen molar-refractivity contribution >= 4 is 18.1 Å². The van der Waals surface area contributed by atoms with Crippen molar-refractivity contribution in [3.05, 3.63) is 70.3 Å². The van der Waals surface area contributed by atoms with Crippen LogP contribution in [0.2, 0.25) is 0 Å². The maximum absolute atomic E-state index is 11.0. The lowest BCUT2D eigenvalue weighted by Crippen LogP contribution is -2.33. The van der Waals surface area contributed by atoms with Crippen molar-refractivity contribution in [3.8, 4) is 0 Å². The molecule has 0 aliphatic heterocycles. The molecule has 2 heteroatoms. The fourth-order valence-electron chi connectivity index (χ4n) is 5.46. The van der Waals surface area contributed by atoms with E-state index in [1.54, 1.807) is 23.3 Å². The molecule has 1 aliphatic carbocycles. The maximum Gasteiger partial charge on any atom is 0.335 e. The summed E-state index contributed by atoms with van der Waals surface area (Å²) in [5.41, 5.74) is 6.05. The van der Waals surface area contributed by atoms with Crippen molar-refractivity contribution in [2.75, 3.05) is 0 Å². The molecule has 2 aromatic rings. The molecular weight excluding hydrogens is 368 g/mol. The lowest BCUT2D eigenvalue weighted by molar-refractivity contribution is 0.0697.